The summed E-state index contributed by atoms with van der Waals surface area (Å²) in [6, 6.07) is 21.3. The van der Waals surface area contributed by atoms with Crippen LogP contribution < -0.4 is 25.0 Å². The number of carbonyl (C=O) groups is 1. The van der Waals surface area contributed by atoms with E-state index < -0.39 is 28.7 Å². The van der Waals surface area contributed by atoms with Gasteiger partial charge in [0.25, 0.3) is 5.91 Å². The molecule has 50 heavy (non-hydrogen) atoms. The minimum atomic E-state index is -0.889. The number of pyridine rings is 1. The number of aromatic nitrogens is 3. The molecule has 12 heteroatoms. The smallest absolute Gasteiger partial charge is 0.280 e. The number of rotatable bonds is 11. The summed E-state index contributed by atoms with van der Waals surface area (Å²) in [5, 5.41) is 7.50. The number of nitrogens with one attached hydrogen (secondary N) is 1. The second-order valence-corrected chi connectivity index (χ2v) is 11.8. The zero-order chi connectivity index (χ0) is 34.6. The third-order valence-corrected chi connectivity index (χ3v) is 8.56. The van der Waals surface area contributed by atoms with Crippen LogP contribution in [0.4, 0.5) is 14.5 Å². The maximum Gasteiger partial charge on any atom is 0.280 e. The number of halogens is 2. The van der Waals surface area contributed by atoms with Crippen molar-refractivity contribution in [2.45, 2.75) is 19.3 Å². The number of hydrogen-bond donors (Lipinski definition) is 1. The van der Waals surface area contributed by atoms with Crippen LogP contribution in [0.2, 0.25) is 0 Å². The Morgan fingerprint density at radius 1 is 0.860 bits per heavy atom. The molecule has 0 spiro atoms. The summed E-state index contributed by atoms with van der Waals surface area (Å²) in [6.07, 6.45) is 4.93. The highest BCUT2D eigenvalue weighted by Gasteiger charge is 2.21. The van der Waals surface area contributed by atoms with Crippen molar-refractivity contribution >= 4 is 33.4 Å². The zero-order valence-electron chi connectivity index (χ0n) is 27.2. The van der Waals surface area contributed by atoms with Crippen molar-refractivity contribution in [3.63, 3.8) is 0 Å². The molecule has 4 aromatic carbocycles. The summed E-state index contributed by atoms with van der Waals surface area (Å²) >= 11 is 0. The van der Waals surface area contributed by atoms with Gasteiger partial charge in [-0.2, -0.15) is 5.10 Å². The summed E-state index contributed by atoms with van der Waals surface area (Å²) in [5.41, 5.74) is -0.125. The topological polar surface area (TPSA) is 108 Å². The Kier molecular flexibility index (Phi) is 9.35. The van der Waals surface area contributed by atoms with Crippen molar-refractivity contribution in [1.29, 1.82) is 0 Å². The van der Waals surface area contributed by atoms with Crippen LogP contribution in [0.15, 0.2) is 95.9 Å². The predicted molar refractivity (Wildman–Crippen MR) is 186 cm³/mol. The minimum absolute atomic E-state index is 0.0550. The van der Waals surface area contributed by atoms with Gasteiger partial charge in [-0.05, 0) is 80.9 Å². The van der Waals surface area contributed by atoms with Crippen molar-refractivity contribution in [2.75, 3.05) is 38.7 Å². The lowest BCUT2D eigenvalue weighted by Crippen LogP contribution is -2.27. The number of amides is 1. The van der Waals surface area contributed by atoms with Crippen molar-refractivity contribution in [1.82, 2.24) is 19.7 Å². The number of carbonyl (C=O) groups excluding carboxylic acids is 1. The van der Waals surface area contributed by atoms with E-state index in [-0.39, 0.29) is 22.5 Å². The molecule has 1 aliphatic rings. The van der Waals surface area contributed by atoms with E-state index in [0.29, 0.717) is 40.3 Å². The predicted octanol–water partition coefficient (Wildman–Crippen LogP) is 7.13. The maximum absolute atomic E-state index is 15.4. The molecule has 6 aromatic rings. The summed E-state index contributed by atoms with van der Waals surface area (Å²) < 4.78 is 49.0. The van der Waals surface area contributed by atoms with Gasteiger partial charge in [-0.3, -0.25) is 14.6 Å². The van der Waals surface area contributed by atoms with Gasteiger partial charge in [0.2, 0.25) is 5.43 Å². The molecule has 1 saturated heterocycles. The Morgan fingerprint density at radius 3 is 2.46 bits per heavy atom. The van der Waals surface area contributed by atoms with Crippen LogP contribution in [-0.2, 0) is 0 Å². The molecule has 0 saturated carbocycles. The number of fused-ring (bicyclic) bond motifs is 2. The number of methoxy groups -OCH3 is 1. The molecule has 0 unspecified atom stereocenters. The highest BCUT2D eigenvalue weighted by Crippen LogP contribution is 2.38. The van der Waals surface area contributed by atoms with Gasteiger partial charge in [-0.1, -0.05) is 24.3 Å². The number of likely N-dealkylation sites (tertiary alicyclic amines) is 1. The van der Waals surface area contributed by atoms with E-state index in [4.69, 9.17) is 14.2 Å². The molecule has 7 rings (SSSR count). The van der Waals surface area contributed by atoms with Crippen LogP contribution >= 0.6 is 0 Å². The second-order valence-electron chi connectivity index (χ2n) is 11.8. The molecular formula is C38H33F2N5O5. The third-order valence-electron chi connectivity index (χ3n) is 8.56. The molecule has 0 atom stereocenters. The molecule has 3 heterocycles. The SMILES string of the molecule is COc1cc2c(Oc3ccc(NC(=O)c4nn(-c5ccccc5F)c5ccccc5c4=O)cc3F)ccnc2cc1OCCCN1CCCC1. The molecule has 10 nitrogen and oxygen atoms in total. The van der Waals surface area contributed by atoms with Crippen molar-refractivity contribution in [3.8, 4) is 28.7 Å². The first kappa shape index (κ1) is 32.7. The number of benzene rings is 4. The van der Waals surface area contributed by atoms with Gasteiger partial charge < -0.3 is 24.4 Å². The minimum Gasteiger partial charge on any atom is -0.493 e. The van der Waals surface area contributed by atoms with E-state index in [1.54, 1.807) is 55.8 Å². The maximum atomic E-state index is 15.4. The van der Waals surface area contributed by atoms with Gasteiger partial charge in [-0.25, -0.2) is 13.5 Å². The number of ether oxygens (including phenoxy) is 3. The average Bonchev–Trinajstić information content (AvgIpc) is 3.65. The Hall–Kier alpha value is -5.88. The summed E-state index contributed by atoms with van der Waals surface area (Å²) in [7, 11) is 1.55. The molecule has 1 amide bonds. The second kappa shape index (κ2) is 14.3. The van der Waals surface area contributed by atoms with E-state index in [2.05, 4.69) is 20.3 Å². The Balaban J connectivity index is 1.10. The zero-order valence-corrected chi connectivity index (χ0v) is 27.2. The molecular weight excluding hydrogens is 644 g/mol. The first-order valence-corrected chi connectivity index (χ1v) is 16.3. The van der Waals surface area contributed by atoms with Crippen molar-refractivity contribution in [3.05, 3.63) is 119 Å². The molecule has 1 aliphatic heterocycles. The molecule has 0 bridgehead atoms. The van der Waals surface area contributed by atoms with E-state index in [1.807, 2.05) is 0 Å². The standard InChI is InChI=1S/C38H33F2N5O5/c1-48-34-22-26-29(23-35(34)49-20-8-19-44-17-6-7-18-44)41-16-15-32(26)50-33-14-13-24(21-28(33)40)42-38(47)36-37(46)25-9-2-4-11-30(25)45(43-36)31-12-5-3-10-27(31)39/h2-5,9-16,21-23H,6-8,17-20H2,1H3,(H,42,47). The summed E-state index contributed by atoms with van der Waals surface area (Å²) in [5.74, 6) is -0.977. The average molecular weight is 678 g/mol. The van der Waals surface area contributed by atoms with Crippen molar-refractivity contribution in [2.24, 2.45) is 0 Å². The summed E-state index contributed by atoms with van der Waals surface area (Å²) in [6.45, 7) is 3.78. The molecule has 254 valence electrons. The first-order chi connectivity index (χ1) is 24.4. The monoisotopic (exact) mass is 677 g/mol. The molecule has 0 aliphatic carbocycles. The lowest BCUT2D eigenvalue weighted by molar-refractivity contribution is 0.102. The fourth-order valence-corrected chi connectivity index (χ4v) is 6.07. The van der Waals surface area contributed by atoms with Crippen LogP contribution in [0.5, 0.6) is 23.0 Å². The van der Waals surface area contributed by atoms with E-state index in [0.717, 1.165) is 32.1 Å². The van der Waals surface area contributed by atoms with Gasteiger partial charge in [0.1, 0.15) is 17.3 Å². The highest BCUT2D eigenvalue weighted by atomic mass is 19.1. The van der Waals surface area contributed by atoms with Gasteiger partial charge in [-0.15, -0.1) is 0 Å². The van der Waals surface area contributed by atoms with Crippen LogP contribution in [0.25, 0.3) is 27.5 Å². The molecule has 1 fully saturated rings. The number of hydrogen-bond acceptors (Lipinski definition) is 8. The molecule has 0 radical (unpaired) electrons. The van der Waals surface area contributed by atoms with Crippen LogP contribution in [0.1, 0.15) is 29.8 Å². The molecule has 1 N–H and O–H groups in total. The molecule has 2 aromatic heterocycles. The number of nitrogens with zero attached hydrogens (tertiary/aromatic N) is 4. The van der Waals surface area contributed by atoms with E-state index >= 15 is 4.39 Å². The fourth-order valence-electron chi connectivity index (χ4n) is 6.07. The van der Waals surface area contributed by atoms with Gasteiger partial charge in [0.15, 0.2) is 28.8 Å². The highest BCUT2D eigenvalue weighted by molar-refractivity contribution is 6.04. The van der Waals surface area contributed by atoms with E-state index in [1.165, 1.54) is 53.9 Å². The lowest BCUT2D eigenvalue weighted by atomic mass is 10.1. The largest absolute Gasteiger partial charge is 0.493 e. The third kappa shape index (κ3) is 6.70. The Bertz CT molecular complexity index is 2270. The lowest BCUT2D eigenvalue weighted by Gasteiger charge is -2.16. The van der Waals surface area contributed by atoms with Gasteiger partial charge >= 0.3 is 0 Å². The van der Waals surface area contributed by atoms with Crippen LogP contribution in [-0.4, -0.2) is 58.9 Å². The van der Waals surface area contributed by atoms with Gasteiger partial charge in [0.05, 0.1) is 30.1 Å². The quantitative estimate of drug-likeness (QED) is 0.144. The van der Waals surface area contributed by atoms with E-state index in [9.17, 15) is 14.0 Å². The first-order valence-electron chi connectivity index (χ1n) is 16.3. The van der Waals surface area contributed by atoms with Crippen LogP contribution in [0.3, 0.4) is 0 Å². The van der Waals surface area contributed by atoms with Crippen molar-refractivity contribution < 1.29 is 27.8 Å². The Morgan fingerprint density at radius 2 is 1.66 bits per heavy atom. The summed E-state index contributed by atoms with van der Waals surface area (Å²) in [4.78, 5) is 33.5. The number of para-hydroxylation sites is 2. The fraction of sp³-hybridized carbons (Fsp3) is 0.211. The number of anilines is 1. The van der Waals surface area contributed by atoms with Gasteiger partial charge in [0, 0.05) is 35.9 Å². The normalized spacial score (nSPS) is 13.1. The Labute approximate surface area is 285 Å². The van der Waals surface area contributed by atoms with Crippen LogP contribution in [0, 0.1) is 11.6 Å².